The summed E-state index contributed by atoms with van der Waals surface area (Å²) in [5.74, 6) is -0.390. The maximum Gasteiger partial charge on any atom is 0.339 e. The molecular formula is C22H35N2O3+. The number of carbonyl (C=O) groups is 2. The van der Waals surface area contributed by atoms with Crippen molar-refractivity contribution in [3.05, 3.63) is 28.8 Å². The van der Waals surface area contributed by atoms with Gasteiger partial charge in [-0.2, -0.15) is 0 Å². The number of aryl methyl sites for hydroxylation is 2. The standard InChI is InChI=1S/C22H34N2O3/c1-6-11-19(24(7-2)12-9-8-10-13-24)21(25)23-20-17(4)14-16(3)15-18(20)22(26)27-5/h14-15,19H,6-13H2,1-5H3/p+1. The van der Waals surface area contributed by atoms with Crippen molar-refractivity contribution in [1.29, 1.82) is 0 Å². The maximum absolute atomic E-state index is 13.4. The zero-order valence-corrected chi connectivity index (χ0v) is 17.6. The lowest BCUT2D eigenvalue weighted by molar-refractivity contribution is -0.945. The van der Waals surface area contributed by atoms with Crippen LogP contribution in [0, 0.1) is 13.8 Å². The quantitative estimate of drug-likeness (QED) is 0.573. The van der Waals surface area contributed by atoms with Gasteiger partial charge in [0.15, 0.2) is 6.04 Å². The molecule has 1 N–H and O–H groups in total. The molecule has 1 aromatic rings. The van der Waals surface area contributed by atoms with Crippen molar-refractivity contribution in [1.82, 2.24) is 0 Å². The topological polar surface area (TPSA) is 55.4 Å². The number of hydrogen-bond acceptors (Lipinski definition) is 3. The molecule has 0 spiro atoms. The average Bonchev–Trinajstić information content (AvgIpc) is 2.67. The van der Waals surface area contributed by atoms with Gasteiger partial charge in [-0.3, -0.25) is 4.79 Å². The fraction of sp³-hybridized carbons (Fsp3) is 0.636. The number of piperidine rings is 1. The SMILES string of the molecule is CCCC(C(=O)Nc1c(C)cc(C)cc1C(=O)OC)[N+]1(CC)CCCCC1. The molecule has 1 aromatic carbocycles. The highest BCUT2D eigenvalue weighted by Crippen LogP contribution is 2.29. The predicted molar refractivity (Wildman–Crippen MR) is 109 cm³/mol. The van der Waals surface area contributed by atoms with Crippen LogP contribution in [0.5, 0.6) is 0 Å². The van der Waals surface area contributed by atoms with Gasteiger partial charge in [-0.1, -0.05) is 13.0 Å². The van der Waals surface area contributed by atoms with Gasteiger partial charge in [0.1, 0.15) is 0 Å². The van der Waals surface area contributed by atoms with Crippen molar-refractivity contribution in [3.8, 4) is 0 Å². The summed E-state index contributed by atoms with van der Waals surface area (Å²) in [6, 6.07) is 3.70. The Kier molecular flexibility index (Phi) is 7.42. The number of ether oxygens (including phenoxy) is 1. The normalized spacial score (nSPS) is 17.2. The highest BCUT2D eigenvalue weighted by atomic mass is 16.5. The molecule has 1 atom stereocenters. The summed E-state index contributed by atoms with van der Waals surface area (Å²) in [5.41, 5.74) is 2.88. The number of benzene rings is 1. The van der Waals surface area contributed by atoms with Gasteiger partial charge < -0.3 is 14.5 Å². The van der Waals surface area contributed by atoms with Crippen LogP contribution in [0.1, 0.15) is 67.4 Å². The number of carbonyl (C=O) groups excluding carboxylic acids is 2. The minimum Gasteiger partial charge on any atom is -0.465 e. The molecule has 1 fully saturated rings. The molecule has 27 heavy (non-hydrogen) atoms. The number of nitrogens with one attached hydrogen (secondary N) is 1. The van der Waals surface area contributed by atoms with Gasteiger partial charge in [0, 0.05) is 6.42 Å². The molecule has 0 saturated carbocycles. The van der Waals surface area contributed by atoms with Gasteiger partial charge in [0.2, 0.25) is 0 Å². The Bertz CT molecular complexity index is 678. The van der Waals surface area contributed by atoms with Crippen LogP contribution >= 0.6 is 0 Å². The molecule has 5 nitrogen and oxygen atoms in total. The number of anilines is 1. The summed E-state index contributed by atoms with van der Waals surface area (Å²) < 4.78 is 5.80. The second-order valence-electron chi connectivity index (χ2n) is 7.83. The summed E-state index contributed by atoms with van der Waals surface area (Å²) in [4.78, 5) is 25.6. The Labute approximate surface area is 163 Å². The van der Waals surface area contributed by atoms with E-state index in [0.717, 1.165) is 48.1 Å². The van der Waals surface area contributed by atoms with E-state index in [0.29, 0.717) is 11.3 Å². The van der Waals surface area contributed by atoms with Crippen molar-refractivity contribution in [3.63, 3.8) is 0 Å². The monoisotopic (exact) mass is 375 g/mol. The van der Waals surface area contributed by atoms with E-state index in [1.807, 2.05) is 19.9 Å². The Balaban J connectivity index is 2.37. The van der Waals surface area contributed by atoms with Gasteiger partial charge in [-0.15, -0.1) is 0 Å². The van der Waals surface area contributed by atoms with E-state index in [9.17, 15) is 9.59 Å². The van der Waals surface area contributed by atoms with Crippen LogP contribution in [0.15, 0.2) is 12.1 Å². The smallest absolute Gasteiger partial charge is 0.339 e. The van der Waals surface area contributed by atoms with E-state index in [1.165, 1.54) is 26.4 Å². The second-order valence-corrected chi connectivity index (χ2v) is 7.83. The largest absolute Gasteiger partial charge is 0.465 e. The molecule has 5 heteroatoms. The Morgan fingerprint density at radius 3 is 2.37 bits per heavy atom. The molecule has 1 heterocycles. The minimum absolute atomic E-state index is 0.0257. The fourth-order valence-corrected chi connectivity index (χ4v) is 4.53. The third-order valence-electron chi connectivity index (χ3n) is 6.00. The van der Waals surface area contributed by atoms with Crippen LogP contribution in [0.2, 0.25) is 0 Å². The van der Waals surface area contributed by atoms with E-state index >= 15 is 0 Å². The number of likely N-dealkylation sites (N-methyl/N-ethyl adjacent to an activating group) is 1. The lowest BCUT2D eigenvalue weighted by Gasteiger charge is -2.46. The van der Waals surface area contributed by atoms with Gasteiger partial charge in [0.25, 0.3) is 5.91 Å². The molecule has 0 aromatic heterocycles. The fourth-order valence-electron chi connectivity index (χ4n) is 4.53. The average molecular weight is 376 g/mol. The molecular weight excluding hydrogens is 340 g/mol. The first kappa shape index (κ1) is 21.4. The minimum atomic E-state index is -0.415. The van der Waals surface area contributed by atoms with E-state index in [-0.39, 0.29) is 11.9 Å². The molecule has 1 unspecified atom stereocenters. The van der Waals surface area contributed by atoms with Crippen molar-refractivity contribution in [2.45, 2.75) is 65.8 Å². The first-order chi connectivity index (χ1) is 12.9. The van der Waals surface area contributed by atoms with Crippen LogP contribution in [0.3, 0.4) is 0 Å². The highest BCUT2D eigenvalue weighted by Gasteiger charge is 2.41. The van der Waals surface area contributed by atoms with Crippen LogP contribution < -0.4 is 5.32 Å². The van der Waals surface area contributed by atoms with Crippen LogP contribution in [-0.2, 0) is 9.53 Å². The molecule has 1 amide bonds. The molecule has 150 valence electrons. The molecule has 1 aliphatic rings. The highest BCUT2D eigenvalue weighted by molar-refractivity contribution is 6.03. The molecule has 0 radical (unpaired) electrons. The lowest BCUT2D eigenvalue weighted by atomic mass is 9.98. The molecule has 1 saturated heterocycles. The van der Waals surface area contributed by atoms with Crippen molar-refractivity contribution in [2.75, 3.05) is 32.1 Å². The Morgan fingerprint density at radius 1 is 1.15 bits per heavy atom. The number of hydrogen-bond donors (Lipinski definition) is 1. The number of likely N-dealkylation sites (tertiary alicyclic amines) is 1. The first-order valence-electron chi connectivity index (χ1n) is 10.2. The van der Waals surface area contributed by atoms with Crippen molar-refractivity contribution in [2.24, 2.45) is 0 Å². The number of methoxy groups -OCH3 is 1. The number of nitrogens with zero attached hydrogens (tertiary/aromatic N) is 1. The third kappa shape index (κ3) is 4.70. The van der Waals surface area contributed by atoms with Crippen LogP contribution in [0.25, 0.3) is 0 Å². The molecule has 2 rings (SSSR count). The van der Waals surface area contributed by atoms with E-state index < -0.39 is 5.97 Å². The summed E-state index contributed by atoms with van der Waals surface area (Å²) in [5, 5.41) is 3.11. The van der Waals surface area contributed by atoms with Gasteiger partial charge in [-0.25, -0.2) is 4.79 Å². The third-order valence-corrected chi connectivity index (χ3v) is 6.00. The van der Waals surface area contributed by atoms with Crippen LogP contribution in [0.4, 0.5) is 5.69 Å². The van der Waals surface area contributed by atoms with E-state index in [4.69, 9.17) is 4.74 Å². The van der Waals surface area contributed by atoms with E-state index in [2.05, 4.69) is 19.2 Å². The van der Waals surface area contributed by atoms with Gasteiger partial charge in [-0.05, 0) is 63.6 Å². The van der Waals surface area contributed by atoms with Gasteiger partial charge >= 0.3 is 5.97 Å². The first-order valence-corrected chi connectivity index (χ1v) is 10.2. The summed E-state index contributed by atoms with van der Waals surface area (Å²) in [6.45, 7) is 11.3. The number of esters is 1. The van der Waals surface area contributed by atoms with Crippen molar-refractivity contribution < 1.29 is 18.8 Å². The zero-order valence-electron chi connectivity index (χ0n) is 17.6. The predicted octanol–water partition coefficient (Wildman–Crippen LogP) is 4.22. The Hall–Kier alpha value is -1.88. The Morgan fingerprint density at radius 2 is 1.81 bits per heavy atom. The van der Waals surface area contributed by atoms with E-state index in [1.54, 1.807) is 6.07 Å². The lowest BCUT2D eigenvalue weighted by Crippen LogP contribution is -2.62. The maximum atomic E-state index is 13.4. The molecule has 0 aliphatic carbocycles. The zero-order chi connectivity index (χ0) is 20.0. The summed E-state index contributed by atoms with van der Waals surface area (Å²) >= 11 is 0. The molecule has 1 aliphatic heterocycles. The molecule has 0 bridgehead atoms. The second kappa shape index (κ2) is 9.36. The van der Waals surface area contributed by atoms with Crippen LogP contribution in [-0.4, -0.2) is 49.1 Å². The van der Waals surface area contributed by atoms with Gasteiger partial charge in [0.05, 0.1) is 38.0 Å². The summed E-state index contributed by atoms with van der Waals surface area (Å²) in [6.07, 6.45) is 5.44. The summed E-state index contributed by atoms with van der Waals surface area (Å²) in [7, 11) is 1.37. The van der Waals surface area contributed by atoms with Crippen molar-refractivity contribution >= 4 is 17.6 Å². The number of rotatable bonds is 7. The number of quaternary nitrogens is 1. The number of amides is 1.